The monoisotopic (exact) mass is 231 g/mol. The Balaban J connectivity index is 2.15. The van der Waals surface area contributed by atoms with Gasteiger partial charge >= 0.3 is 0 Å². The van der Waals surface area contributed by atoms with Gasteiger partial charge in [-0.2, -0.15) is 5.10 Å². The first kappa shape index (κ1) is 11.4. The van der Waals surface area contributed by atoms with Crippen molar-refractivity contribution < 1.29 is 0 Å². The van der Waals surface area contributed by atoms with Gasteiger partial charge < -0.3 is 11.1 Å². The van der Waals surface area contributed by atoms with E-state index in [2.05, 4.69) is 22.3 Å². The Morgan fingerprint density at radius 1 is 1.41 bits per heavy atom. The van der Waals surface area contributed by atoms with E-state index < -0.39 is 0 Å². The molecule has 2 aromatic rings. The quantitative estimate of drug-likeness (QED) is 0.842. The van der Waals surface area contributed by atoms with Gasteiger partial charge in [-0.15, -0.1) is 0 Å². The third-order valence-electron chi connectivity index (χ3n) is 2.86. The average molecular weight is 231 g/mol. The van der Waals surface area contributed by atoms with E-state index >= 15 is 0 Å². The summed E-state index contributed by atoms with van der Waals surface area (Å²) in [6.07, 6.45) is 3.66. The van der Waals surface area contributed by atoms with Gasteiger partial charge in [0.2, 0.25) is 0 Å². The van der Waals surface area contributed by atoms with Crippen molar-refractivity contribution in [1.29, 1.82) is 0 Å². The second-order valence-electron chi connectivity index (χ2n) is 4.13. The summed E-state index contributed by atoms with van der Waals surface area (Å²) in [5, 5.41) is 7.55. The fourth-order valence-electron chi connectivity index (χ4n) is 1.74. The molecule has 0 fully saturated rings. The van der Waals surface area contributed by atoms with Gasteiger partial charge in [0.1, 0.15) is 5.82 Å². The maximum atomic E-state index is 5.94. The minimum Gasteiger partial charge on any atom is -0.394 e. The molecule has 0 aromatic carbocycles. The van der Waals surface area contributed by atoms with Crippen molar-refractivity contribution in [2.45, 2.75) is 20.4 Å². The molecule has 2 heterocycles. The van der Waals surface area contributed by atoms with Gasteiger partial charge in [-0.25, -0.2) is 0 Å². The fraction of sp³-hybridized carbons (Fsp3) is 0.333. The molecule has 0 aliphatic heterocycles. The Hall–Kier alpha value is -2.04. The summed E-state index contributed by atoms with van der Waals surface area (Å²) in [7, 11) is 1.88. The summed E-state index contributed by atoms with van der Waals surface area (Å²) < 4.78 is 1.76. The fourth-order valence-corrected chi connectivity index (χ4v) is 1.74. The first-order valence-electron chi connectivity index (χ1n) is 5.52. The minimum atomic E-state index is 0.697. The number of aromatic nitrogens is 3. The largest absolute Gasteiger partial charge is 0.394 e. The van der Waals surface area contributed by atoms with Crippen LogP contribution in [0.2, 0.25) is 0 Å². The van der Waals surface area contributed by atoms with Crippen molar-refractivity contribution in [2.75, 3.05) is 11.1 Å². The normalized spacial score (nSPS) is 10.5. The third-order valence-corrected chi connectivity index (χ3v) is 2.86. The van der Waals surface area contributed by atoms with Crippen molar-refractivity contribution >= 4 is 11.5 Å². The molecule has 0 amide bonds. The van der Waals surface area contributed by atoms with Crippen molar-refractivity contribution in [3.8, 4) is 0 Å². The number of hydrogen-bond acceptors (Lipinski definition) is 4. The Bertz CT molecular complexity index is 530. The zero-order valence-corrected chi connectivity index (χ0v) is 10.4. The van der Waals surface area contributed by atoms with Crippen LogP contribution in [-0.4, -0.2) is 14.8 Å². The van der Waals surface area contributed by atoms with Crippen LogP contribution < -0.4 is 11.1 Å². The van der Waals surface area contributed by atoms with E-state index in [9.17, 15) is 0 Å². The zero-order valence-electron chi connectivity index (χ0n) is 10.4. The molecule has 2 aromatic heterocycles. The highest BCUT2D eigenvalue weighted by molar-refractivity contribution is 5.64. The van der Waals surface area contributed by atoms with Crippen LogP contribution in [0.15, 0.2) is 18.5 Å². The molecule has 0 saturated carbocycles. The summed E-state index contributed by atoms with van der Waals surface area (Å²) in [6.45, 7) is 4.66. The van der Waals surface area contributed by atoms with Gasteiger partial charge in [0.15, 0.2) is 0 Å². The molecule has 0 aliphatic carbocycles. The lowest BCUT2D eigenvalue weighted by molar-refractivity contribution is 0.757. The second kappa shape index (κ2) is 4.45. The Morgan fingerprint density at radius 2 is 2.18 bits per heavy atom. The number of nitrogens with zero attached hydrogens (tertiary/aromatic N) is 3. The van der Waals surface area contributed by atoms with E-state index in [1.165, 1.54) is 5.56 Å². The van der Waals surface area contributed by atoms with Crippen molar-refractivity contribution in [2.24, 2.45) is 7.05 Å². The molecule has 0 atom stereocenters. The zero-order chi connectivity index (χ0) is 12.4. The molecule has 0 saturated heterocycles. The molecule has 2 rings (SSSR count). The molecule has 3 N–H and O–H groups in total. The molecule has 0 radical (unpaired) electrons. The number of hydrogen-bond donors (Lipinski definition) is 2. The predicted molar refractivity (Wildman–Crippen MR) is 68.7 cm³/mol. The van der Waals surface area contributed by atoms with Crippen molar-refractivity contribution in [1.82, 2.24) is 14.8 Å². The lowest BCUT2D eigenvalue weighted by atomic mass is 10.1. The van der Waals surface area contributed by atoms with Crippen LogP contribution in [0.3, 0.4) is 0 Å². The summed E-state index contributed by atoms with van der Waals surface area (Å²) in [6, 6.07) is 1.99. The smallest absolute Gasteiger partial charge is 0.148 e. The topological polar surface area (TPSA) is 68.8 Å². The minimum absolute atomic E-state index is 0.697. The SMILES string of the molecule is Cc1ccncc1CNc1c(N)c(C)nn1C. The Kier molecular flexibility index (Phi) is 2.99. The molecule has 0 aliphatic rings. The van der Waals surface area contributed by atoms with Gasteiger partial charge in [-0.05, 0) is 31.0 Å². The first-order valence-corrected chi connectivity index (χ1v) is 5.52. The summed E-state index contributed by atoms with van der Waals surface area (Å²) in [5.41, 5.74) is 9.86. The highest BCUT2D eigenvalue weighted by atomic mass is 15.3. The molecule has 0 bridgehead atoms. The van der Waals surface area contributed by atoms with E-state index in [0.29, 0.717) is 12.2 Å². The summed E-state index contributed by atoms with van der Waals surface area (Å²) >= 11 is 0. The van der Waals surface area contributed by atoms with Crippen LogP contribution in [-0.2, 0) is 13.6 Å². The van der Waals surface area contributed by atoms with Crippen LogP contribution in [0.1, 0.15) is 16.8 Å². The number of rotatable bonds is 3. The van der Waals surface area contributed by atoms with Gasteiger partial charge in [-0.1, -0.05) is 0 Å². The lowest BCUT2D eigenvalue weighted by Crippen LogP contribution is -2.07. The number of nitrogens with two attached hydrogens (primary N) is 1. The molecule has 90 valence electrons. The van der Waals surface area contributed by atoms with Crippen molar-refractivity contribution in [3.63, 3.8) is 0 Å². The van der Waals surface area contributed by atoms with Crippen LogP contribution in [0.5, 0.6) is 0 Å². The number of anilines is 2. The van der Waals surface area contributed by atoms with E-state index in [1.54, 1.807) is 10.9 Å². The molecule has 0 unspecified atom stereocenters. The number of nitrogen functional groups attached to an aromatic ring is 1. The number of pyridine rings is 1. The molecular formula is C12H17N5. The maximum Gasteiger partial charge on any atom is 0.148 e. The third kappa shape index (κ3) is 2.22. The van der Waals surface area contributed by atoms with E-state index in [1.807, 2.05) is 26.2 Å². The molecule has 5 heteroatoms. The molecule has 5 nitrogen and oxygen atoms in total. The molecular weight excluding hydrogens is 214 g/mol. The Morgan fingerprint density at radius 3 is 2.76 bits per heavy atom. The highest BCUT2D eigenvalue weighted by Crippen LogP contribution is 2.21. The summed E-state index contributed by atoms with van der Waals surface area (Å²) in [4.78, 5) is 4.11. The molecule has 0 spiro atoms. The first-order chi connectivity index (χ1) is 8.09. The van der Waals surface area contributed by atoms with E-state index in [4.69, 9.17) is 5.73 Å². The number of aryl methyl sites for hydroxylation is 3. The van der Waals surface area contributed by atoms with Crippen molar-refractivity contribution in [3.05, 3.63) is 35.3 Å². The lowest BCUT2D eigenvalue weighted by Gasteiger charge is -2.09. The number of nitrogens with one attached hydrogen (secondary N) is 1. The van der Waals surface area contributed by atoms with Gasteiger partial charge in [0.05, 0.1) is 11.4 Å². The van der Waals surface area contributed by atoms with Gasteiger partial charge in [-0.3, -0.25) is 9.67 Å². The molecule has 17 heavy (non-hydrogen) atoms. The second-order valence-corrected chi connectivity index (χ2v) is 4.13. The maximum absolute atomic E-state index is 5.94. The van der Waals surface area contributed by atoms with E-state index in [0.717, 1.165) is 17.1 Å². The van der Waals surface area contributed by atoms with Crippen LogP contribution >= 0.6 is 0 Å². The average Bonchev–Trinajstić information content (AvgIpc) is 2.53. The summed E-state index contributed by atoms with van der Waals surface area (Å²) in [5.74, 6) is 0.853. The van der Waals surface area contributed by atoms with Crippen LogP contribution in [0.25, 0.3) is 0 Å². The Labute approximate surface area is 101 Å². The predicted octanol–water partition coefficient (Wildman–Crippen LogP) is 1.63. The standard InChI is InChI=1S/C12H17N5/c1-8-4-5-14-6-10(8)7-15-12-11(13)9(2)16-17(12)3/h4-6,15H,7,13H2,1-3H3. The van der Waals surface area contributed by atoms with Gasteiger partial charge in [0, 0.05) is 26.0 Å². The van der Waals surface area contributed by atoms with E-state index in [-0.39, 0.29) is 0 Å². The highest BCUT2D eigenvalue weighted by Gasteiger charge is 2.09. The van der Waals surface area contributed by atoms with Crippen LogP contribution in [0.4, 0.5) is 11.5 Å². The van der Waals surface area contributed by atoms with Crippen LogP contribution in [0, 0.1) is 13.8 Å². The van der Waals surface area contributed by atoms with Gasteiger partial charge in [0.25, 0.3) is 0 Å².